The molecular weight excluding hydrogens is 342 g/mol. The Kier molecular flexibility index (Phi) is 5.84. The van der Waals surface area contributed by atoms with Crippen molar-refractivity contribution in [1.82, 2.24) is 0 Å². The van der Waals surface area contributed by atoms with E-state index in [9.17, 15) is 9.59 Å². The Bertz CT molecular complexity index is 935. The van der Waals surface area contributed by atoms with Gasteiger partial charge in [-0.05, 0) is 61.0 Å². The number of hydrogen-bond donors (Lipinski definition) is 1. The number of para-hydroxylation sites is 1. The first-order chi connectivity index (χ1) is 13.1. The van der Waals surface area contributed by atoms with Gasteiger partial charge in [-0.2, -0.15) is 0 Å². The SMILES string of the molecule is Cc1cccc(Oc2ccc(NC(=O)COc3ccccc3C=O)cc2)c1. The summed E-state index contributed by atoms with van der Waals surface area (Å²) in [5.74, 6) is 1.50. The van der Waals surface area contributed by atoms with Crippen molar-refractivity contribution in [2.24, 2.45) is 0 Å². The Morgan fingerprint density at radius 3 is 2.48 bits per heavy atom. The van der Waals surface area contributed by atoms with Crippen LogP contribution in [-0.2, 0) is 4.79 Å². The molecule has 0 heterocycles. The highest BCUT2D eigenvalue weighted by Gasteiger charge is 2.07. The number of aryl methyl sites for hydroxylation is 1. The predicted molar refractivity (Wildman–Crippen MR) is 104 cm³/mol. The third kappa shape index (κ3) is 5.19. The summed E-state index contributed by atoms with van der Waals surface area (Å²) in [4.78, 5) is 23.0. The average molecular weight is 361 g/mol. The minimum Gasteiger partial charge on any atom is -0.483 e. The fourth-order valence-corrected chi connectivity index (χ4v) is 2.47. The normalized spacial score (nSPS) is 10.1. The van der Waals surface area contributed by atoms with Crippen LogP contribution in [-0.4, -0.2) is 18.8 Å². The molecule has 0 atom stereocenters. The molecule has 5 heteroatoms. The Morgan fingerprint density at radius 2 is 1.74 bits per heavy atom. The fourth-order valence-electron chi connectivity index (χ4n) is 2.47. The maximum absolute atomic E-state index is 12.0. The van der Waals surface area contributed by atoms with E-state index in [2.05, 4.69) is 5.32 Å². The van der Waals surface area contributed by atoms with Crippen molar-refractivity contribution in [2.75, 3.05) is 11.9 Å². The van der Waals surface area contributed by atoms with Gasteiger partial charge in [0.05, 0.1) is 5.56 Å². The number of hydrogen-bond acceptors (Lipinski definition) is 4. The van der Waals surface area contributed by atoms with Crippen molar-refractivity contribution < 1.29 is 19.1 Å². The number of nitrogens with one attached hydrogen (secondary N) is 1. The quantitative estimate of drug-likeness (QED) is 0.624. The predicted octanol–water partition coefficient (Wildman–Crippen LogP) is 4.62. The highest BCUT2D eigenvalue weighted by molar-refractivity contribution is 5.92. The minimum atomic E-state index is -0.317. The van der Waals surface area contributed by atoms with Gasteiger partial charge >= 0.3 is 0 Å². The van der Waals surface area contributed by atoms with Gasteiger partial charge in [-0.3, -0.25) is 9.59 Å². The molecule has 3 aromatic carbocycles. The summed E-state index contributed by atoms with van der Waals surface area (Å²) in [5.41, 5.74) is 2.15. The van der Waals surface area contributed by atoms with Crippen LogP contribution in [0.1, 0.15) is 15.9 Å². The van der Waals surface area contributed by atoms with Gasteiger partial charge in [-0.25, -0.2) is 0 Å². The molecule has 0 aromatic heterocycles. The summed E-state index contributed by atoms with van der Waals surface area (Å²) < 4.78 is 11.2. The lowest BCUT2D eigenvalue weighted by Crippen LogP contribution is -2.20. The Hall–Kier alpha value is -3.60. The first-order valence-electron chi connectivity index (χ1n) is 8.45. The smallest absolute Gasteiger partial charge is 0.262 e. The van der Waals surface area contributed by atoms with Gasteiger partial charge in [0, 0.05) is 5.69 Å². The molecular formula is C22H19NO4. The van der Waals surface area contributed by atoms with Crippen molar-refractivity contribution in [3.05, 3.63) is 83.9 Å². The van der Waals surface area contributed by atoms with Crippen LogP contribution < -0.4 is 14.8 Å². The van der Waals surface area contributed by atoms with Gasteiger partial charge in [-0.1, -0.05) is 24.3 Å². The molecule has 0 unspecified atom stereocenters. The Morgan fingerprint density at radius 1 is 0.963 bits per heavy atom. The molecule has 0 radical (unpaired) electrons. The lowest BCUT2D eigenvalue weighted by molar-refractivity contribution is -0.118. The molecule has 0 aliphatic rings. The second-order valence-electron chi connectivity index (χ2n) is 5.94. The number of benzene rings is 3. The molecule has 1 amide bonds. The van der Waals surface area contributed by atoms with Gasteiger partial charge < -0.3 is 14.8 Å². The van der Waals surface area contributed by atoms with E-state index in [1.807, 2.05) is 31.2 Å². The number of carbonyl (C=O) groups is 2. The van der Waals surface area contributed by atoms with Gasteiger partial charge in [0.1, 0.15) is 17.2 Å². The number of rotatable bonds is 7. The third-order valence-electron chi connectivity index (χ3n) is 3.77. The van der Waals surface area contributed by atoms with Crippen LogP contribution in [0.4, 0.5) is 5.69 Å². The monoisotopic (exact) mass is 361 g/mol. The number of ether oxygens (including phenoxy) is 2. The van der Waals surface area contributed by atoms with Crippen LogP contribution in [0.15, 0.2) is 72.8 Å². The summed E-state index contributed by atoms with van der Waals surface area (Å²) in [5, 5.41) is 2.74. The first kappa shape index (κ1) is 18.2. The van der Waals surface area contributed by atoms with Crippen LogP contribution in [0.25, 0.3) is 0 Å². The van der Waals surface area contributed by atoms with E-state index in [1.165, 1.54) is 0 Å². The zero-order valence-electron chi connectivity index (χ0n) is 14.8. The van der Waals surface area contributed by atoms with E-state index in [1.54, 1.807) is 48.5 Å². The lowest BCUT2D eigenvalue weighted by atomic mass is 10.2. The first-order valence-corrected chi connectivity index (χ1v) is 8.45. The lowest BCUT2D eigenvalue weighted by Gasteiger charge is -2.10. The van der Waals surface area contributed by atoms with E-state index in [4.69, 9.17) is 9.47 Å². The summed E-state index contributed by atoms with van der Waals surface area (Å²) in [6.07, 6.45) is 0.695. The standard InChI is InChI=1S/C22H19NO4/c1-16-5-4-7-20(13-16)27-19-11-9-18(10-12-19)23-22(25)15-26-21-8-3-2-6-17(21)14-24/h2-14H,15H2,1H3,(H,23,25). The van der Waals surface area contributed by atoms with E-state index >= 15 is 0 Å². The highest BCUT2D eigenvalue weighted by atomic mass is 16.5. The molecule has 0 saturated heterocycles. The molecule has 3 aromatic rings. The summed E-state index contributed by atoms with van der Waals surface area (Å²) >= 11 is 0. The zero-order valence-corrected chi connectivity index (χ0v) is 14.8. The van der Waals surface area contributed by atoms with Gasteiger partial charge in [-0.15, -0.1) is 0 Å². The van der Waals surface area contributed by atoms with Crippen molar-refractivity contribution >= 4 is 17.9 Å². The minimum absolute atomic E-state index is 0.188. The molecule has 0 saturated carbocycles. The third-order valence-corrected chi connectivity index (χ3v) is 3.77. The van der Waals surface area contributed by atoms with Crippen LogP contribution in [0.3, 0.4) is 0 Å². The largest absolute Gasteiger partial charge is 0.483 e. The Balaban J connectivity index is 1.54. The molecule has 0 fully saturated rings. The zero-order chi connectivity index (χ0) is 19.1. The number of carbonyl (C=O) groups excluding carboxylic acids is 2. The van der Waals surface area contributed by atoms with Crippen molar-refractivity contribution in [3.63, 3.8) is 0 Å². The molecule has 3 rings (SSSR count). The molecule has 136 valence electrons. The van der Waals surface area contributed by atoms with Gasteiger partial charge in [0.25, 0.3) is 5.91 Å². The van der Waals surface area contributed by atoms with E-state index in [0.717, 1.165) is 11.3 Å². The molecule has 0 aliphatic carbocycles. The second kappa shape index (κ2) is 8.67. The second-order valence-corrected chi connectivity index (χ2v) is 5.94. The van der Waals surface area contributed by atoms with E-state index in [-0.39, 0.29) is 12.5 Å². The van der Waals surface area contributed by atoms with Crippen molar-refractivity contribution in [1.29, 1.82) is 0 Å². The number of amides is 1. The molecule has 1 N–H and O–H groups in total. The number of anilines is 1. The molecule has 27 heavy (non-hydrogen) atoms. The fraction of sp³-hybridized carbons (Fsp3) is 0.0909. The van der Waals surface area contributed by atoms with Crippen molar-refractivity contribution in [2.45, 2.75) is 6.92 Å². The Labute approximate surface area is 157 Å². The van der Waals surface area contributed by atoms with E-state index < -0.39 is 0 Å². The van der Waals surface area contributed by atoms with Crippen LogP contribution in [0, 0.1) is 6.92 Å². The summed E-state index contributed by atoms with van der Waals surface area (Å²) in [6.45, 7) is 1.81. The van der Waals surface area contributed by atoms with Crippen molar-refractivity contribution in [3.8, 4) is 17.2 Å². The topological polar surface area (TPSA) is 64.6 Å². The summed E-state index contributed by atoms with van der Waals surface area (Å²) in [7, 11) is 0. The van der Waals surface area contributed by atoms with Gasteiger partial charge in [0.2, 0.25) is 0 Å². The highest BCUT2D eigenvalue weighted by Crippen LogP contribution is 2.23. The van der Waals surface area contributed by atoms with E-state index in [0.29, 0.717) is 29.0 Å². The molecule has 0 bridgehead atoms. The maximum Gasteiger partial charge on any atom is 0.262 e. The molecule has 5 nitrogen and oxygen atoms in total. The van der Waals surface area contributed by atoms with Crippen LogP contribution >= 0.6 is 0 Å². The molecule has 0 spiro atoms. The maximum atomic E-state index is 12.0. The average Bonchev–Trinajstić information content (AvgIpc) is 2.68. The number of aldehydes is 1. The van der Waals surface area contributed by atoms with Gasteiger partial charge in [0.15, 0.2) is 12.9 Å². The molecule has 0 aliphatic heterocycles. The summed E-state index contributed by atoms with van der Waals surface area (Å²) in [6, 6.07) is 21.6. The van der Waals surface area contributed by atoms with Crippen LogP contribution in [0.5, 0.6) is 17.2 Å². The van der Waals surface area contributed by atoms with Crippen LogP contribution in [0.2, 0.25) is 0 Å².